The van der Waals surface area contributed by atoms with E-state index in [0.29, 0.717) is 11.1 Å². The SMILES string of the molecule is CC(C)CCCn1c(SCC(=O)O)nnc1-c1cccs1. The molecule has 0 aromatic carbocycles. The summed E-state index contributed by atoms with van der Waals surface area (Å²) in [4.78, 5) is 11.8. The summed E-state index contributed by atoms with van der Waals surface area (Å²) < 4.78 is 2.04. The molecule has 0 bridgehead atoms. The second kappa shape index (κ2) is 7.61. The van der Waals surface area contributed by atoms with Gasteiger partial charge in [0.2, 0.25) is 0 Å². The molecule has 0 spiro atoms. The second-order valence-corrected chi connectivity index (χ2v) is 7.04. The van der Waals surface area contributed by atoms with Gasteiger partial charge >= 0.3 is 5.97 Å². The summed E-state index contributed by atoms with van der Waals surface area (Å²) in [6.45, 7) is 5.22. The highest BCUT2D eigenvalue weighted by molar-refractivity contribution is 7.99. The lowest BCUT2D eigenvalue weighted by Crippen LogP contribution is -2.05. The van der Waals surface area contributed by atoms with Crippen molar-refractivity contribution in [1.29, 1.82) is 0 Å². The van der Waals surface area contributed by atoms with Crippen LogP contribution in [-0.4, -0.2) is 31.6 Å². The molecule has 0 atom stereocenters. The minimum atomic E-state index is -0.839. The van der Waals surface area contributed by atoms with E-state index in [1.807, 2.05) is 22.1 Å². The van der Waals surface area contributed by atoms with Crippen LogP contribution >= 0.6 is 23.1 Å². The van der Waals surface area contributed by atoms with Crippen LogP contribution in [-0.2, 0) is 11.3 Å². The minimum Gasteiger partial charge on any atom is -0.481 e. The zero-order valence-electron chi connectivity index (χ0n) is 12.2. The van der Waals surface area contributed by atoms with Crippen molar-refractivity contribution in [1.82, 2.24) is 14.8 Å². The number of carboxylic acid groups (broad SMARTS) is 1. The molecule has 2 aromatic heterocycles. The molecule has 2 aromatic rings. The Bertz CT molecular complexity index is 579. The molecule has 0 aliphatic rings. The highest BCUT2D eigenvalue weighted by Gasteiger charge is 2.16. The number of hydrogen-bond acceptors (Lipinski definition) is 5. The molecule has 0 unspecified atom stereocenters. The second-order valence-electron chi connectivity index (χ2n) is 5.15. The molecule has 2 heterocycles. The van der Waals surface area contributed by atoms with Crippen LogP contribution in [0.25, 0.3) is 10.7 Å². The molecule has 2 rings (SSSR count). The summed E-state index contributed by atoms with van der Waals surface area (Å²) in [5.74, 6) is 0.657. The molecule has 0 saturated carbocycles. The quantitative estimate of drug-likeness (QED) is 0.751. The maximum Gasteiger partial charge on any atom is 0.313 e. The summed E-state index contributed by atoms with van der Waals surface area (Å²) in [6, 6.07) is 4.00. The maximum atomic E-state index is 10.7. The number of carboxylic acids is 1. The molecule has 21 heavy (non-hydrogen) atoms. The van der Waals surface area contributed by atoms with E-state index in [-0.39, 0.29) is 5.75 Å². The first-order valence-electron chi connectivity index (χ1n) is 6.89. The molecule has 5 nitrogen and oxygen atoms in total. The van der Waals surface area contributed by atoms with Gasteiger partial charge in [0.1, 0.15) is 0 Å². The van der Waals surface area contributed by atoms with E-state index < -0.39 is 5.97 Å². The lowest BCUT2D eigenvalue weighted by molar-refractivity contribution is -0.133. The Morgan fingerprint density at radius 3 is 2.90 bits per heavy atom. The molecule has 1 N–H and O–H groups in total. The zero-order chi connectivity index (χ0) is 15.2. The standard InChI is InChI=1S/C14H19N3O2S2/c1-10(2)5-3-7-17-13(11-6-4-8-20-11)15-16-14(17)21-9-12(18)19/h4,6,8,10H,3,5,7,9H2,1-2H3,(H,18,19). The first-order valence-corrected chi connectivity index (χ1v) is 8.76. The summed E-state index contributed by atoms with van der Waals surface area (Å²) >= 11 is 2.85. The van der Waals surface area contributed by atoms with Gasteiger partial charge in [-0.1, -0.05) is 31.7 Å². The van der Waals surface area contributed by atoms with Gasteiger partial charge in [0.15, 0.2) is 11.0 Å². The molecule has 0 saturated heterocycles. The number of carbonyl (C=O) groups is 1. The van der Waals surface area contributed by atoms with E-state index in [1.165, 1.54) is 11.8 Å². The van der Waals surface area contributed by atoms with Gasteiger partial charge in [-0.15, -0.1) is 21.5 Å². The Morgan fingerprint density at radius 2 is 2.29 bits per heavy atom. The highest BCUT2D eigenvalue weighted by atomic mass is 32.2. The van der Waals surface area contributed by atoms with E-state index in [0.717, 1.165) is 30.1 Å². The lowest BCUT2D eigenvalue weighted by atomic mass is 10.1. The van der Waals surface area contributed by atoms with Crippen LogP contribution in [0.1, 0.15) is 26.7 Å². The summed E-state index contributed by atoms with van der Waals surface area (Å²) in [5.41, 5.74) is 0. The molecule has 0 aliphatic heterocycles. The normalized spacial score (nSPS) is 11.2. The Morgan fingerprint density at radius 1 is 1.48 bits per heavy atom. The third kappa shape index (κ3) is 4.57. The lowest BCUT2D eigenvalue weighted by Gasteiger charge is -2.10. The van der Waals surface area contributed by atoms with Crippen molar-refractivity contribution in [2.24, 2.45) is 5.92 Å². The monoisotopic (exact) mass is 325 g/mol. The molecular weight excluding hydrogens is 306 g/mol. The minimum absolute atomic E-state index is 0.00670. The van der Waals surface area contributed by atoms with E-state index in [1.54, 1.807) is 11.3 Å². The van der Waals surface area contributed by atoms with Crippen molar-refractivity contribution >= 4 is 29.1 Å². The van der Waals surface area contributed by atoms with E-state index in [9.17, 15) is 4.79 Å². The van der Waals surface area contributed by atoms with Crippen LogP contribution in [0.2, 0.25) is 0 Å². The summed E-state index contributed by atoms with van der Waals surface area (Å²) in [5, 5.41) is 19.9. The Labute approximate surface area is 132 Å². The smallest absolute Gasteiger partial charge is 0.313 e. The average Bonchev–Trinajstić information content (AvgIpc) is 3.04. The number of aromatic nitrogens is 3. The van der Waals surface area contributed by atoms with Crippen LogP contribution in [0.5, 0.6) is 0 Å². The van der Waals surface area contributed by atoms with Crippen LogP contribution in [0.4, 0.5) is 0 Å². The summed E-state index contributed by atoms with van der Waals surface area (Å²) in [6.07, 6.45) is 2.17. The number of thiophene rings is 1. The van der Waals surface area contributed by atoms with Gasteiger partial charge in [-0.05, 0) is 30.2 Å². The van der Waals surface area contributed by atoms with Gasteiger partial charge in [0.05, 0.1) is 10.6 Å². The fourth-order valence-corrected chi connectivity index (χ4v) is 3.37. The number of rotatable bonds is 8. The first kappa shape index (κ1) is 16.0. The Hall–Kier alpha value is -1.34. The van der Waals surface area contributed by atoms with E-state index in [4.69, 9.17) is 5.11 Å². The first-order chi connectivity index (χ1) is 10.1. The van der Waals surface area contributed by atoms with Crippen LogP contribution in [0.15, 0.2) is 22.7 Å². The molecule has 0 radical (unpaired) electrons. The highest BCUT2D eigenvalue weighted by Crippen LogP contribution is 2.27. The topological polar surface area (TPSA) is 68.0 Å². The summed E-state index contributed by atoms with van der Waals surface area (Å²) in [7, 11) is 0. The van der Waals surface area contributed by atoms with E-state index >= 15 is 0 Å². The van der Waals surface area contributed by atoms with Gasteiger partial charge in [-0.25, -0.2) is 0 Å². The predicted octanol–water partition coefficient (Wildman–Crippen LogP) is 3.62. The van der Waals surface area contributed by atoms with Crippen molar-refractivity contribution in [2.75, 3.05) is 5.75 Å². The molecule has 0 aliphatic carbocycles. The third-order valence-corrected chi connectivity index (χ3v) is 4.76. The predicted molar refractivity (Wildman–Crippen MR) is 85.8 cm³/mol. The number of hydrogen-bond donors (Lipinski definition) is 1. The molecular formula is C14H19N3O2S2. The average molecular weight is 325 g/mol. The van der Waals surface area contributed by atoms with Gasteiger partial charge in [-0.3, -0.25) is 4.79 Å². The van der Waals surface area contributed by atoms with E-state index in [2.05, 4.69) is 24.0 Å². The molecule has 0 amide bonds. The molecule has 0 fully saturated rings. The number of nitrogens with zero attached hydrogens (tertiary/aromatic N) is 3. The fourth-order valence-electron chi connectivity index (χ4n) is 1.97. The van der Waals surface area contributed by atoms with Gasteiger partial charge in [0.25, 0.3) is 0 Å². The zero-order valence-corrected chi connectivity index (χ0v) is 13.8. The van der Waals surface area contributed by atoms with Crippen molar-refractivity contribution in [3.8, 4) is 10.7 Å². The van der Waals surface area contributed by atoms with Crippen molar-refractivity contribution in [2.45, 2.75) is 38.4 Å². The van der Waals surface area contributed by atoms with Gasteiger partial charge < -0.3 is 9.67 Å². The Balaban J connectivity index is 2.18. The number of aliphatic carboxylic acids is 1. The molecule has 114 valence electrons. The number of thioether (sulfide) groups is 1. The maximum absolute atomic E-state index is 10.7. The van der Waals surface area contributed by atoms with Crippen LogP contribution in [0, 0.1) is 5.92 Å². The van der Waals surface area contributed by atoms with Gasteiger partial charge in [0, 0.05) is 6.54 Å². The van der Waals surface area contributed by atoms with Crippen LogP contribution in [0.3, 0.4) is 0 Å². The fraction of sp³-hybridized carbons (Fsp3) is 0.500. The van der Waals surface area contributed by atoms with Crippen molar-refractivity contribution in [3.63, 3.8) is 0 Å². The third-order valence-electron chi connectivity index (χ3n) is 2.95. The van der Waals surface area contributed by atoms with Crippen molar-refractivity contribution < 1.29 is 9.90 Å². The van der Waals surface area contributed by atoms with Gasteiger partial charge in [-0.2, -0.15) is 0 Å². The Kier molecular flexibility index (Phi) is 5.81. The molecule has 7 heteroatoms. The van der Waals surface area contributed by atoms with Crippen LogP contribution < -0.4 is 0 Å². The van der Waals surface area contributed by atoms with Crippen molar-refractivity contribution in [3.05, 3.63) is 17.5 Å². The largest absolute Gasteiger partial charge is 0.481 e.